The quantitative estimate of drug-likeness (QED) is 0.293. The van der Waals surface area contributed by atoms with Gasteiger partial charge in [-0.05, 0) is 47.0 Å². The number of benzene rings is 3. The van der Waals surface area contributed by atoms with E-state index in [1.165, 1.54) is 11.8 Å². The van der Waals surface area contributed by atoms with Crippen LogP contribution in [0.15, 0.2) is 83.8 Å². The van der Waals surface area contributed by atoms with E-state index in [0.29, 0.717) is 16.5 Å². The van der Waals surface area contributed by atoms with Gasteiger partial charge in [-0.15, -0.1) is 11.8 Å². The molecule has 0 fully saturated rings. The topological polar surface area (TPSA) is 89.9 Å². The number of ether oxygens (including phenoxy) is 1. The van der Waals surface area contributed by atoms with E-state index in [9.17, 15) is 13.2 Å². The Morgan fingerprint density at radius 1 is 1.00 bits per heavy atom. The second-order valence-electron chi connectivity index (χ2n) is 6.88. The molecule has 0 aromatic heterocycles. The summed E-state index contributed by atoms with van der Waals surface area (Å²) in [4.78, 5) is 11.5. The van der Waals surface area contributed by atoms with Gasteiger partial charge in [0.05, 0.1) is 11.3 Å². The van der Waals surface area contributed by atoms with Crippen molar-refractivity contribution in [3.63, 3.8) is 0 Å². The average Bonchev–Trinajstić information content (AvgIpc) is 2.76. The summed E-state index contributed by atoms with van der Waals surface area (Å²) in [6.45, 7) is -0.436. The van der Waals surface area contributed by atoms with Gasteiger partial charge in [0, 0.05) is 10.6 Å². The molecule has 33 heavy (non-hydrogen) atoms. The molecule has 172 valence electrons. The fourth-order valence-electron chi connectivity index (χ4n) is 2.96. The maximum Gasteiger partial charge on any atom is 0.341 e. The number of thioether (sulfide) groups is 1. The third kappa shape index (κ3) is 7.85. The smallest absolute Gasteiger partial charge is 0.341 e. The largest absolute Gasteiger partial charge is 0.482 e. The van der Waals surface area contributed by atoms with Crippen molar-refractivity contribution >= 4 is 45.0 Å². The van der Waals surface area contributed by atoms with Crippen molar-refractivity contribution in [2.24, 2.45) is 0 Å². The van der Waals surface area contributed by atoms with Crippen molar-refractivity contribution in [2.45, 2.75) is 4.90 Å². The molecule has 0 aliphatic heterocycles. The van der Waals surface area contributed by atoms with Crippen LogP contribution in [0.25, 0.3) is 5.57 Å². The summed E-state index contributed by atoms with van der Waals surface area (Å²) in [7, 11) is -3.64. The van der Waals surface area contributed by atoms with E-state index in [0.717, 1.165) is 27.9 Å². The number of hydrogen-bond donors (Lipinski definition) is 1. The molecule has 0 saturated carbocycles. The van der Waals surface area contributed by atoms with Gasteiger partial charge in [-0.25, -0.2) is 4.79 Å². The first-order valence-corrected chi connectivity index (χ1v) is 12.9. The monoisotopic (exact) mass is 504 g/mol. The fourth-order valence-corrected chi connectivity index (χ4v) is 4.54. The minimum absolute atomic E-state index is 0.240. The molecule has 0 bridgehead atoms. The number of aliphatic carboxylic acids is 1. The summed E-state index contributed by atoms with van der Waals surface area (Å²) in [6, 6.07) is 21.7. The lowest BCUT2D eigenvalue weighted by Gasteiger charge is -2.11. The molecule has 6 nitrogen and oxygen atoms in total. The highest BCUT2D eigenvalue weighted by Crippen LogP contribution is 2.33. The van der Waals surface area contributed by atoms with E-state index < -0.39 is 22.7 Å². The first-order chi connectivity index (χ1) is 15.7. The molecule has 0 unspecified atom stereocenters. The van der Waals surface area contributed by atoms with Gasteiger partial charge in [0.1, 0.15) is 11.5 Å². The van der Waals surface area contributed by atoms with Crippen LogP contribution in [0.5, 0.6) is 11.5 Å². The van der Waals surface area contributed by atoms with Gasteiger partial charge in [-0.1, -0.05) is 60.1 Å². The molecule has 0 amide bonds. The third-order valence-electron chi connectivity index (χ3n) is 4.27. The Balaban J connectivity index is 1.83. The molecule has 0 saturated heterocycles. The highest BCUT2D eigenvalue weighted by Gasteiger charge is 2.10. The highest BCUT2D eigenvalue weighted by molar-refractivity contribution is 7.99. The van der Waals surface area contributed by atoms with E-state index in [1.807, 2.05) is 42.5 Å². The predicted molar refractivity (Wildman–Crippen MR) is 131 cm³/mol. The molecule has 1 N–H and O–H groups in total. The van der Waals surface area contributed by atoms with Crippen LogP contribution in [-0.4, -0.2) is 38.1 Å². The van der Waals surface area contributed by atoms with Crippen molar-refractivity contribution < 1.29 is 27.2 Å². The predicted octanol–water partition coefficient (Wildman–Crippen LogP) is 5.37. The van der Waals surface area contributed by atoms with Gasteiger partial charge in [0.15, 0.2) is 6.61 Å². The van der Waals surface area contributed by atoms with E-state index in [4.69, 9.17) is 25.6 Å². The maximum absolute atomic E-state index is 11.5. The first-order valence-electron chi connectivity index (χ1n) is 9.74. The molecule has 0 atom stereocenters. The molecule has 3 rings (SSSR count). The zero-order chi connectivity index (χ0) is 23.8. The van der Waals surface area contributed by atoms with E-state index in [-0.39, 0.29) is 5.75 Å². The second-order valence-corrected chi connectivity index (χ2v) is 9.93. The van der Waals surface area contributed by atoms with Crippen LogP contribution in [0, 0.1) is 0 Å². The molecule has 0 heterocycles. The van der Waals surface area contributed by atoms with Crippen LogP contribution in [0.1, 0.15) is 11.1 Å². The Morgan fingerprint density at radius 2 is 1.73 bits per heavy atom. The van der Waals surface area contributed by atoms with Crippen LogP contribution in [0.4, 0.5) is 0 Å². The summed E-state index contributed by atoms with van der Waals surface area (Å²) in [5.74, 6) is 0.143. The fraction of sp³-hybridized carbons (Fsp3) is 0.125. The van der Waals surface area contributed by atoms with Gasteiger partial charge >= 0.3 is 16.1 Å². The van der Waals surface area contributed by atoms with E-state index in [2.05, 4.69) is 0 Å². The summed E-state index contributed by atoms with van der Waals surface area (Å²) in [5, 5.41) is 9.18. The van der Waals surface area contributed by atoms with Crippen LogP contribution in [0.3, 0.4) is 0 Å². The second kappa shape index (κ2) is 11.3. The Kier molecular flexibility index (Phi) is 8.43. The number of rotatable bonds is 10. The molecule has 3 aromatic carbocycles. The summed E-state index contributed by atoms with van der Waals surface area (Å²) < 4.78 is 33.2. The molecule has 0 radical (unpaired) electrons. The molecule has 0 aliphatic carbocycles. The van der Waals surface area contributed by atoms with Crippen LogP contribution >= 0.6 is 23.4 Å². The first kappa shape index (κ1) is 24.7. The van der Waals surface area contributed by atoms with Gasteiger partial charge in [0.25, 0.3) is 0 Å². The van der Waals surface area contributed by atoms with Crippen LogP contribution in [0.2, 0.25) is 5.02 Å². The molecular weight excluding hydrogens is 484 g/mol. The SMILES string of the molecule is CS(=O)(=O)Oc1cccc(C(=CCSc2ccc(OCC(=O)O)cc2Cl)c2ccccc2)c1. The van der Waals surface area contributed by atoms with Crippen molar-refractivity contribution in [2.75, 3.05) is 18.6 Å². The zero-order valence-corrected chi connectivity index (χ0v) is 20.0. The van der Waals surface area contributed by atoms with Gasteiger partial charge < -0.3 is 14.0 Å². The summed E-state index contributed by atoms with van der Waals surface area (Å²) >= 11 is 7.84. The van der Waals surface area contributed by atoms with Crippen molar-refractivity contribution in [1.29, 1.82) is 0 Å². The minimum atomic E-state index is -3.64. The lowest BCUT2D eigenvalue weighted by Crippen LogP contribution is -2.09. The number of carboxylic acids is 1. The van der Waals surface area contributed by atoms with Gasteiger partial charge in [0.2, 0.25) is 0 Å². The van der Waals surface area contributed by atoms with Crippen molar-refractivity contribution in [3.05, 3.63) is 95.0 Å². The molecule has 9 heteroatoms. The van der Waals surface area contributed by atoms with E-state index >= 15 is 0 Å². The number of carboxylic acid groups (broad SMARTS) is 1. The zero-order valence-electron chi connectivity index (χ0n) is 17.6. The van der Waals surface area contributed by atoms with Crippen LogP contribution in [-0.2, 0) is 14.9 Å². The van der Waals surface area contributed by atoms with E-state index in [1.54, 1.807) is 36.4 Å². The minimum Gasteiger partial charge on any atom is -0.482 e. The number of carbonyl (C=O) groups is 1. The molecule has 0 aliphatic rings. The number of hydrogen-bond acceptors (Lipinski definition) is 6. The Hall–Kier alpha value is -2.94. The third-order valence-corrected chi connectivity index (χ3v) is 6.19. The standard InChI is InChI=1S/C24H21ClO6S2/c1-33(28,29)31-20-9-5-8-18(14-20)21(17-6-3-2-4-7-17)12-13-32-23-11-10-19(15-22(23)25)30-16-24(26)27/h2-12,14-15H,13,16H2,1H3,(H,26,27). The average molecular weight is 505 g/mol. The Bertz CT molecular complexity index is 1260. The normalized spacial score (nSPS) is 11.8. The van der Waals surface area contributed by atoms with Gasteiger partial charge in [-0.2, -0.15) is 8.42 Å². The summed E-state index contributed by atoms with van der Waals surface area (Å²) in [6.07, 6.45) is 3.04. The summed E-state index contributed by atoms with van der Waals surface area (Å²) in [5.41, 5.74) is 2.70. The lowest BCUT2D eigenvalue weighted by molar-refractivity contribution is -0.139. The molecule has 0 spiro atoms. The maximum atomic E-state index is 11.5. The van der Waals surface area contributed by atoms with Crippen LogP contribution < -0.4 is 8.92 Å². The Labute approximate surface area is 201 Å². The molecule has 3 aromatic rings. The Morgan fingerprint density at radius 3 is 2.39 bits per heavy atom. The highest BCUT2D eigenvalue weighted by atomic mass is 35.5. The molecular formula is C24H21ClO6S2. The van der Waals surface area contributed by atoms with Gasteiger partial charge in [-0.3, -0.25) is 0 Å². The van der Waals surface area contributed by atoms with Crippen molar-refractivity contribution in [3.8, 4) is 11.5 Å². The lowest BCUT2D eigenvalue weighted by atomic mass is 9.98. The van der Waals surface area contributed by atoms with Crippen molar-refractivity contribution in [1.82, 2.24) is 0 Å². The number of halogens is 1.